The van der Waals surface area contributed by atoms with Crippen LogP contribution in [0.15, 0.2) is 36.8 Å². The van der Waals surface area contributed by atoms with Crippen molar-refractivity contribution in [3.63, 3.8) is 0 Å². The van der Waals surface area contributed by atoms with E-state index in [1.54, 1.807) is 24.7 Å². The number of amides is 1. The van der Waals surface area contributed by atoms with Crippen LogP contribution in [0.1, 0.15) is 10.5 Å². The number of rotatable bonds is 6. The molecule has 2 aromatic rings. The van der Waals surface area contributed by atoms with E-state index in [4.69, 9.17) is 0 Å². The topological polar surface area (TPSA) is 77.5 Å². The van der Waals surface area contributed by atoms with E-state index < -0.39 is 0 Å². The zero-order valence-corrected chi connectivity index (χ0v) is 15.3. The first kappa shape index (κ1) is 18.1. The first-order chi connectivity index (χ1) is 12.6. The van der Waals surface area contributed by atoms with Crippen molar-refractivity contribution in [2.75, 3.05) is 63.6 Å². The number of pyridine rings is 1. The average molecular weight is 355 g/mol. The van der Waals surface area contributed by atoms with Gasteiger partial charge in [0, 0.05) is 63.5 Å². The molecule has 0 aromatic carbocycles. The standard InChI is InChI=1S/C18H25N7O/c1-23(2)9-8-19-15-4-7-20-16(14-15)17(26)24-10-12-25(13-11-24)18-21-5-3-6-22-18/h3-7,14H,8-13H2,1-2H3,(H,19,20). The van der Waals surface area contributed by atoms with Crippen LogP contribution in [0.4, 0.5) is 11.6 Å². The van der Waals surface area contributed by atoms with Crippen molar-refractivity contribution in [1.29, 1.82) is 0 Å². The van der Waals surface area contributed by atoms with Crippen molar-refractivity contribution in [1.82, 2.24) is 24.8 Å². The normalized spacial score (nSPS) is 14.6. The molecule has 1 aliphatic rings. The highest BCUT2D eigenvalue weighted by atomic mass is 16.2. The highest BCUT2D eigenvalue weighted by Gasteiger charge is 2.24. The van der Waals surface area contributed by atoms with Gasteiger partial charge in [-0.2, -0.15) is 0 Å². The van der Waals surface area contributed by atoms with Crippen LogP contribution >= 0.6 is 0 Å². The molecule has 1 fully saturated rings. The summed E-state index contributed by atoms with van der Waals surface area (Å²) < 4.78 is 0. The second kappa shape index (κ2) is 8.57. The molecule has 0 atom stereocenters. The maximum atomic E-state index is 12.8. The van der Waals surface area contributed by atoms with E-state index >= 15 is 0 Å². The lowest BCUT2D eigenvalue weighted by Crippen LogP contribution is -2.49. The summed E-state index contributed by atoms with van der Waals surface area (Å²) in [6, 6.07) is 5.51. The molecular weight excluding hydrogens is 330 g/mol. The van der Waals surface area contributed by atoms with E-state index in [2.05, 4.69) is 30.1 Å². The van der Waals surface area contributed by atoms with Crippen LogP contribution in [0.25, 0.3) is 0 Å². The van der Waals surface area contributed by atoms with Crippen LogP contribution in [0, 0.1) is 0 Å². The van der Waals surface area contributed by atoms with Crippen molar-refractivity contribution >= 4 is 17.5 Å². The molecule has 138 valence electrons. The Bertz CT molecular complexity index is 714. The molecule has 8 heteroatoms. The number of aromatic nitrogens is 3. The van der Waals surface area contributed by atoms with E-state index in [0.29, 0.717) is 24.7 Å². The molecular formula is C18H25N7O. The van der Waals surface area contributed by atoms with E-state index in [-0.39, 0.29) is 5.91 Å². The van der Waals surface area contributed by atoms with Gasteiger partial charge in [-0.1, -0.05) is 0 Å². The van der Waals surface area contributed by atoms with Crippen molar-refractivity contribution < 1.29 is 4.79 Å². The van der Waals surface area contributed by atoms with Gasteiger partial charge in [0.2, 0.25) is 5.95 Å². The predicted octanol–water partition coefficient (Wildman–Crippen LogP) is 0.807. The number of carbonyl (C=O) groups excluding carboxylic acids is 1. The van der Waals surface area contributed by atoms with Crippen molar-refractivity contribution in [3.05, 3.63) is 42.5 Å². The Balaban J connectivity index is 1.56. The summed E-state index contributed by atoms with van der Waals surface area (Å²) in [4.78, 5) is 31.6. The minimum Gasteiger partial charge on any atom is -0.384 e. The van der Waals surface area contributed by atoms with E-state index in [1.165, 1.54) is 0 Å². The minimum absolute atomic E-state index is 0.0325. The molecule has 1 aliphatic heterocycles. The fourth-order valence-corrected chi connectivity index (χ4v) is 2.81. The van der Waals surface area contributed by atoms with E-state index in [9.17, 15) is 4.79 Å². The molecule has 0 bridgehead atoms. The second-order valence-corrected chi connectivity index (χ2v) is 6.49. The van der Waals surface area contributed by atoms with Crippen LogP contribution in [-0.4, -0.2) is 84.0 Å². The molecule has 0 spiro atoms. The molecule has 1 N–H and O–H groups in total. The molecule has 26 heavy (non-hydrogen) atoms. The molecule has 2 aromatic heterocycles. The smallest absolute Gasteiger partial charge is 0.272 e. The third-order valence-electron chi connectivity index (χ3n) is 4.27. The first-order valence-electron chi connectivity index (χ1n) is 8.79. The van der Waals surface area contributed by atoms with Gasteiger partial charge in [-0.25, -0.2) is 9.97 Å². The molecule has 0 aliphatic carbocycles. The average Bonchev–Trinajstić information content (AvgIpc) is 2.68. The SMILES string of the molecule is CN(C)CCNc1ccnc(C(=O)N2CCN(c3ncccn3)CC2)c1. The molecule has 3 heterocycles. The number of likely N-dealkylation sites (N-methyl/N-ethyl adjacent to an activating group) is 1. The maximum absolute atomic E-state index is 12.8. The third kappa shape index (κ3) is 4.66. The minimum atomic E-state index is -0.0325. The van der Waals surface area contributed by atoms with Crippen molar-refractivity contribution in [3.8, 4) is 0 Å². The highest BCUT2D eigenvalue weighted by Crippen LogP contribution is 2.14. The molecule has 0 radical (unpaired) electrons. The van der Waals surface area contributed by atoms with Gasteiger partial charge in [-0.3, -0.25) is 9.78 Å². The van der Waals surface area contributed by atoms with Crippen LogP contribution in [0.3, 0.4) is 0 Å². The van der Waals surface area contributed by atoms with Crippen LogP contribution < -0.4 is 10.2 Å². The molecule has 1 amide bonds. The fourth-order valence-electron chi connectivity index (χ4n) is 2.81. The zero-order chi connectivity index (χ0) is 18.4. The number of hydrogen-bond donors (Lipinski definition) is 1. The summed E-state index contributed by atoms with van der Waals surface area (Å²) in [6.45, 7) is 4.46. The Hall–Kier alpha value is -2.74. The molecule has 0 unspecified atom stereocenters. The summed E-state index contributed by atoms with van der Waals surface area (Å²) in [7, 11) is 4.06. The number of nitrogens with one attached hydrogen (secondary N) is 1. The van der Waals surface area contributed by atoms with E-state index in [1.807, 2.05) is 31.1 Å². The van der Waals surface area contributed by atoms with Crippen molar-refractivity contribution in [2.24, 2.45) is 0 Å². The summed E-state index contributed by atoms with van der Waals surface area (Å²) in [5.74, 6) is 0.680. The summed E-state index contributed by atoms with van der Waals surface area (Å²) in [5.41, 5.74) is 1.39. The molecule has 8 nitrogen and oxygen atoms in total. The largest absolute Gasteiger partial charge is 0.384 e. The van der Waals surface area contributed by atoms with E-state index in [0.717, 1.165) is 31.9 Å². The van der Waals surface area contributed by atoms with Crippen LogP contribution in [-0.2, 0) is 0 Å². The van der Waals surface area contributed by atoms with Gasteiger partial charge >= 0.3 is 0 Å². The lowest BCUT2D eigenvalue weighted by molar-refractivity contribution is 0.0740. The zero-order valence-electron chi connectivity index (χ0n) is 15.3. The lowest BCUT2D eigenvalue weighted by Gasteiger charge is -2.34. The van der Waals surface area contributed by atoms with Crippen molar-refractivity contribution in [2.45, 2.75) is 0 Å². The maximum Gasteiger partial charge on any atom is 0.272 e. The molecule has 3 rings (SSSR count). The Morgan fingerprint density at radius 3 is 2.54 bits per heavy atom. The Morgan fingerprint density at radius 2 is 1.85 bits per heavy atom. The van der Waals surface area contributed by atoms with Gasteiger partial charge < -0.3 is 20.0 Å². The van der Waals surface area contributed by atoms with Gasteiger partial charge in [0.25, 0.3) is 5.91 Å². The fraction of sp³-hybridized carbons (Fsp3) is 0.444. The number of carbonyl (C=O) groups is 1. The predicted molar refractivity (Wildman–Crippen MR) is 101 cm³/mol. The number of nitrogens with zero attached hydrogens (tertiary/aromatic N) is 6. The molecule has 0 saturated carbocycles. The lowest BCUT2D eigenvalue weighted by atomic mass is 10.2. The summed E-state index contributed by atoms with van der Waals surface area (Å²) >= 11 is 0. The van der Waals surface area contributed by atoms with Gasteiger partial charge in [-0.15, -0.1) is 0 Å². The second-order valence-electron chi connectivity index (χ2n) is 6.49. The van der Waals surface area contributed by atoms with Gasteiger partial charge in [0.1, 0.15) is 5.69 Å². The van der Waals surface area contributed by atoms with Crippen LogP contribution in [0.5, 0.6) is 0 Å². The van der Waals surface area contributed by atoms with Gasteiger partial charge in [0.05, 0.1) is 0 Å². The Morgan fingerprint density at radius 1 is 1.12 bits per heavy atom. The molecule has 1 saturated heterocycles. The summed E-state index contributed by atoms with van der Waals surface area (Å²) in [6.07, 6.45) is 5.15. The quantitative estimate of drug-likeness (QED) is 0.821. The third-order valence-corrected chi connectivity index (χ3v) is 4.27. The first-order valence-corrected chi connectivity index (χ1v) is 8.79. The van der Waals surface area contributed by atoms with Crippen LogP contribution in [0.2, 0.25) is 0 Å². The number of hydrogen-bond acceptors (Lipinski definition) is 7. The Kier molecular flexibility index (Phi) is 5.96. The number of piperazine rings is 1. The highest BCUT2D eigenvalue weighted by molar-refractivity contribution is 5.93. The summed E-state index contributed by atoms with van der Waals surface area (Å²) in [5, 5.41) is 3.33. The Labute approximate surface area is 153 Å². The monoisotopic (exact) mass is 355 g/mol. The number of anilines is 2. The van der Waals surface area contributed by atoms with Gasteiger partial charge in [-0.05, 0) is 32.3 Å². The van der Waals surface area contributed by atoms with Gasteiger partial charge in [0.15, 0.2) is 0 Å².